The quantitative estimate of drug-likeness (QED) is 0.413. The van der Waals surface area contributed by atoms with Crippen molar-refractivity contribution in [1.29, 1.82) is 0 Å². The second-order valence-electron chi connectivity index (χ2n) is 5.95. The minimum absolute atomic E-state index is 0.0932. The largest absolute Gasteiger partial charge is 0.507 e. The van der Waals surface area contributed by atoms with Crippen molar-refractivity contribution in [3.8, 4) is 17.5 Å². The molecule has 0 spiro atoms. The van der Waals surface area contributed by atoms with Crippen LogP contribution in [0.2, 0.25) is 0 Å². The van der Waals surface area contributed by atoms with Gasteiger partial charge in [0.2, 0.25) is 0 Å². The number of aromatic hydroxyl groups is 1. The van der Waals surface area contributed by atoms with E-state index in [2.05, 4.69) is 15.1 Å². The van der Waals surface area contributed by atoms with Crippen molar-refractivity contribution in [2.45, 2.75) is 6.42 Å². The minimum Gasteiger partial charge on any atom is -0.507 e. The molecule has 0 saturated carbocycles. The molecule has 8 nitrogen and oxygen atoms in total. The zero-order valence-corrected chi connectivity index (χ0v) is 14.4. The Morgan fingerprint density at radius 1 is 1.07 bits per heavy atom. The Hall–Kier alpha value is -4.07. The number of hydrogen-bond acceptors (Lipinski definition) is 8. The topological polar surface area (TPSA) is 115 Å². The second-order valence-corrected chi connectivity index (χ2v) is 5.95. The molecule has 8 heteroatoms. The lowest BCUT2D eigenvalue weighted by Crippen LogP contribution is -2.08. The van der Waals surface area contributed by atoms with Crippen LogP contribution < -0.4 is 10.4 Å². The zero-order chi connectivity index (χ0) is 19.5. The Morgan fingerprint density at radius 2 is 1.89 bits per heavy atom. The third kappa shape index (κ3) is 3.43. The lowest BCUT2D eigenvalue weighted by atomic mass is 10.0. The highest BCUT2D eigenvalue weighted by Gasteiger charge is 2.16. The molecular weight excluding hydrogens is 362 g/mol. The number of nitroso groups, excluding NO2 is 1. The molecule has 0 aliphatic rings. The smallest absolute Gasteiger partial charge is 0.343 e. The van der Waals surface area contributed by atoms with Gasteiger partial charge in [-0.15, -0.1) is 4.91 Å². The van der Waals surface area contributed by atoms with E-state index in [-0.39, 0.29) is 35.0 Å². The number of fused-ring (bicyclic) bond motifs is 1. The highest BCUT2D eigenvalue weighted by Crippen LogP contribution is 2.31. The van der Waals surface area contributed by atoms with E-state index < -0.39 is 5.63 Å². The molecule has 0 saturated heterocycles. The van der Waals surface area contributed by atoms with E-state index in [0.717, 1.165) is 0 Å². The van der Waals surface area contributed by atoms with Crippen LogP contribution in [0.1, 0.15) is 11.1 Å². The maximum absolute atomic E-state index is 12.4. The summed E-state index contributed by atoms with van der Waals surface area (Å²) in [6.07, 6.45) is 3.18. The Labute approximate surface area is 158 Å². The number of hydrogen-bond donors (Lipinski definition) is 1. The SMILES string of the molecule is O=Nc1cccc(Cc2c(O)c3ccc(Oc4ncccn4)cc3oc2=O)c1. The van der Waals surface area contributed by atoms with E-state index in [9.17, 15) is 14.8 Å². The van der Waals surface area contributed by atoms with E-state index in [1.54, 1.807) is 42.5 Å². The van der Waals surface area contributed by atoms with Gasteiger partial charge in [0.1, 0.15) is 22.8 Å². The summed E-state index contributed by atoms with van der Waals surface area (Å²) in [4.78, 5) is 31.0. The molecule has 4 rings (SSSR count). The van der Waals surface area contributed by atoms with Crippen LogP contribution >= 0.6 is 0 Å². The minimum atomic E-state index is -0.678. The first-order valence-electron chi connectivity index (χ1n) is 8.30. The first-order chi connectivity index (χ1) is 13.6. The lowest BCUT2D eigenvalue weighted by molar-refractivity contribution is 0.438. The molecule has 0 radical (unpaired) electrons. The van der Waals surface area contributed by atoms with Gasteiger partial charge in [-0.25, -0.2) is 14.8 Å². The fourth-order valence-corrected chi connectivity index (χ4v) is 2.79. The Bertz CT molecular complexity index is 1220. The molecule has 1 N–H and O–H groups in total. The molecule has 2 aromatic heterocycles. The van der Waals surface area contributed by atoms with Gasteiger partial charge in [-0.1, -0.05) is 12.1 Å². The summed E-state index contributed by atoms with van der Waals surface area (Å²) in [6, 6.07) is 13.0. The predicted octanol–water partition coefficient (Wildman–Crippen LogP) is 4.07. The van der Waals surface area contributed by atoms with Crippen molar-refractivity contribution < 1.29 is 14.3 Å². The van der Waals surface area contributed by atoms with Gasteiger partial charge in [0, 0.05) is 24.9 Å². The number of rotatable bonds is 5. The number of ether oxygens (including phenoxy) is 1. The third-order valence-corrected chi connectivity index (χ3v) is 4.09. The van der Waals surface area contributed by atoms with E-state index in [0.29, 0.717) is 16.7 Å². The molecule has 0 aliphatic heterocycles. The number of aromatic nitrogens is 2. The summed E-state index contributed by atoms with van der Waals surface area (Å²) in [5.41, 5.74) is 0.480. The van der Waals surface area contributed by atoms with Crippen LogP contribution in [0.4, 0.5) is 5.69 Å². The van der Waals surface area contributed by atoms with Crippen LogP contribution in [0.15, 0.2) is 75.3 Å². The fourth-order valence-electron chi connectivity index (χ4n) is 2.79. The van der Waals surface area contributed by atoms with Crippen molar-refractivity contribution in [3.05, 3.63) is 87.4 Å². The van der Waals surface area contributed by atoms with Crippen LogP contribution in [-0.2, 0) is 6.42 Å². The summed E-state index contributed by atoms with van der Waals surface area (Å²) in [5, 5.41) is 13.8. The lowest BCUT2D eigenvalue weighted by Gasteiger charge is -2.08. The first kappa shape index (κ1) is 17.3. The van der Waals surface area contributed by atoms with Gasteiger partial charge in [-0.3, -0.25) is 0 Å². The fraction of sp³-hybridized carbons (Fsp3) is 0.0500. The molecule has 0 atom stereocenters. The summed E-state index contributed by atoms with van der Waals surface area (Å²) >= 11 is 0. The van der Waals surface area contributed by atoms with Crippen LogP contribution in [0, 0.1) is 4.91 Å². The molecule has 0 bridgehead atoms. The molecule has 0 unspecified atom stereocenters. The standard InChI is InChI=1S/C20H13N3O5/c24-18-15-6-5-14(27-20-21-7-2-8-22-20)11-17(15)28-19(25)16(18)10-12-3-1-4-13(9-12)23-26/h1-9,11,24H,10H2. The average molecular weight is 375 g/mol. The maximum atomic E-state index is 12.4. The van der Waals surface area contributed by atoms with Crippen LogP contribution in [-0.4, -0.2) is 15.1 Å². The van der Waals surface area contributed by atoms with Crippen molar-refractivity contribution >= 4 is 16.7 Å². The zero-order valence-electron chi connectivity index (χ0n) is 14.4. The highest BCUT2D eigenvalue weighted by molar-refractivity contribution is 5.85. The maximum Gasteiger partial charge on any atom is 0.343 e. The van der Waals surface area contributed by atoms with Gasteiger partial charge in [0.15, 0.2) is 0 Å². The molecule has 0 aliphatic carbocycles. The monoisotopic (exact) mass is 375 g/mol. The first-order valence-corrected chi connectivity index (χ1v) is 8.30. The molecule has 4 aromatic rings. The van der Waals surface area contributed by atoms with Gasteiger partial charge >= 0.3 is 11.6 Å². The Balaban J connectivity index is 1.71. The Morgan fingerprint density at radius 3 is 2.68 bits per heavy atom. The molecule has 2 heterocycles. The molecule has 138 valence electrons. The highest BCUT2D eigenvalue weighted by atomic mass is 16.5. The summed E-state index contributed by atoms with van der Waals surface area (Å²) in [5.74, 6) is 0.178. The van der Waals surface area contributed by atoms with Crippen molar-refractivity contribution in [2.24, 2.45) is 5.18 Å². The van der Waals surface area contributed by atoms with Crippen LogP contribution in [0.25, 0.3) is 11.0 Å². The van der Waals surface area contributed by atoms with Crippen molar-refractivity contribution in [2.75, 3.05) is 0 Å². The van der Waals surface area contributed by atoms with Gasteiger partial charge < -0.3 is 14.3 Å². The van der Waals surface area contributed by atoms with E-state index >= 15 is 0 Å². The molecular formula is C20H13N3O5. The second kappa shape index (κ2) is 7.28. The van der Waals surface area contributed by atoms with Crippen LogP contribution in [0.3, 0.4) is 0 Å². The third-order valence-electron chi connectivity index (χ3n) is 4.09. The van der Waals surface area contributed by atoms with Crippen molar-refractivity contribution in [3.63, 3.8) is 0 Å². The number of nitrogens with zero attached hydrogens (tertiary/aromatic N) is 3. The Kier molecular flexibility index (Phi) is 4.51. The predicted molar refractivity (Wildman–Crippen MR) is 101 cm³/mol. The van der Waals surface area contributed by atoms with E-state index in [1.807, 2.05) is 0 Å². The molecule has 28 heavy (non-hydrogen) atoms. The molecule has 2 aromatic carbocycles. The van der Waals surface area contributed by atoms with E-state index in [4.69, 9.17) is 9.15 Å². The molecule has 0 fully saturated rings. The number of benzene rings is 2. The van der Waals surface area contributed by atoms with Crippen molar-refractivity contribution in [1.82, 2.24) is 9.97 Å². The average Bonchev–Trinajstić information content (AvgIpc) is 2.72. The van der Waals surface area contributed by atoms with Gasteiger partial charge in [0.05, 0.1) is 10.9 Å². The van der Waals surface area contributed by atoms with E-state index in [1.165, 1.54) is 18.5 Å². The van der Waals surface area contributed by atoms with Gasteiger partial charge in [-0.2, -0.15) is 0 Å². The normalized spacial score (nSPS) is 10.7. The summed E-state index contributed by atoms with van der Waals surface area (Å²) < 4.78 is 10.9. The van der Waals surface area contributed by atoms with Crippen LogP contribution in [0.5, 0.6) is 17.5 Å². The molecule has 0 amide bonds. The summed E-state index contributed by atoms with van der Waals surface area (Å²) in [6.45, 7) is 0. The van der Waals surface area contributed by atoms with Gasteiger partial charge in [-0.05, 0) is 41.1 Å². The summed E-state index contributed by atoms with van der Waals surface area (Å²) in [7, 11) is 0. The van der Waals surface area contributed by atoms with Gasteiger partial charge in [0.25, 0.3) is 0 Å².